The van der Waals surface area contributed by atoms with Gasteiger partial charge in [-0.2, -0.15) is 0 Å². The number of unbranched alkanes of at least 4 members (excludes halogenated alkanes) is 1. The third-order valence-electron chi connectivity index (χ3n) is 27.8. The molecule has 4 fully saturated rings. The van der Waals surface area contributed by atoms with Gasteiger partial charge in [-0.1, -0.05) is 72.2 Å². The van der Waals surface area contributed by atoms with E-state index < -0.39 is 194 Å². The fourth-order valence-electron chi connectivity index (χ4n) is 18.9. The molecule has 0 unspecified atom stereocenters. The maximum atomic E-state index is 14.5. The zero-order valence-corrected chi connectivity index (χ0v) is 85.3. The molecule has 4 saturated heterocycles. The van der Waals surface area contributed by atoms with Gasteiger partial charge >= 0.3 is 0 Å². The van der Waals surface area contributed by atoms with Gasteiger partial charge in [-0.25, -0.2) is 0 Å². The lowest BCUT2D eigenvalue weighted by molar-refractivity contribution is -0.923. The second-order valence-corrected chi connectivity index (χ2v) is 41.2. The fourth-order valence-corrected chi connectivity index (χ4v) is 21.2. The maximum Gasteiger partial charge on any atom is 0.246 e. The van der Waals surface area contributed by atoms with E-state index in [1.807, 2.05) is 6.07 Å². The number of aliphatic hydroxyl groups is 1. The van der Waals surface area contributed by atoms with E-state index in [0.717, 1.165) is 103 Å². The van der Waals surface area contributed by atoms with Crippen molar-refractivity contribution in [3.63, 3.8) is 0 Å². The Kier molecular flexibility index (Phi) is 40.0. The van der Waals surface area contributed by atoms with Crippen LogP contribution in [0.4, 0.5) is 0 Å². The van der Waals surface area contributed by atoms with Gasteiger partial charge in [0.15, 0.2) is 34.5 Å². The average molecular weight is 2040 g/mol. The van der Waals surface area contributed by atoms with Crippen LogP contribution >= 0.6 is 21.6 Å². The molecular formula is C100H141N19O23S2+2. The van der Waals surface area contributed by atoms with Crippen LogP contribution in [-0.2, 0) is 104 Å². The van der Waals surface area contributed by atoms with Crippen LogP contribution in [0.1, 0.15) is 162 Å². The molecule has 144 heavy (non-hydrogen) atoms. The largest absolute Gasteiger partial charge is 0.508 e. The molecule has 0 aliphatic carbocycles. The molecule has 5 aromatic carbocycles. The zero-order chi connectivity index (χ0) is 105. The highest BCUT2D eigenvalue weighted by atomic mass is 33.1. The van der Waals surface area contributed by atoms with Crippen LogP contribution in [0.2, 0.25) is 0 Å². The topological polar surface area (TPSA) is 595 Å². The molecule has 8 heterocycles. The summed E-state index contributed by atoms with van der Waals surface area (Å²) in [7, 11) is 17.9. The number of ether oxygens (including phenoxy) is 6. The molecule has 8 aliphatic heterocycles. The van der Waals surface area contributed by atoms with E-state index in [1.165, 1.54) is 58.3 Å². The number of fused-ring (bicyclic) bond motifs is 12. The van der Waals surface area contributed by atoms with Crippen molar-refractivity contribution in [3.05, 3.63) is 124 Å². The van der Waals surface area contributed by atoms with E-state index in [9.17, 15) is 82.1 Å². The predicted molar refractivity (Wildman–Crippen MR) is 535 cm³/mol. The number of carbonyl (C=O) groups excluding carboxylic acids is 15. The minimum atomic E-state index is -1.74. The van der Waals surface area contributed by atoms with Crippen molar-refractivity contribution in [1.82, 2.24) is 68.3 Å². The first-order chi connectivity index (χ1) is 68.7. The first-order valence-electron chi connectivity index (χ1n) is 49.0. The number of hydrogen-bond acceptors (Lipinski definition) is 27. The van der Waals surface area contributed by atoms with E-state index in [1.54, 1.807) is 42.3 Å². The predicted octanol–water partition coefficient (Wildman–Crippen LogP) is 1.20. The molecule has 44 heteroatoms. The van der Waals surface area contributed by atoms with Crippen molar-refractivity contribution < 1.29 is 120 Å². The number of aromatic hydroxyl groups is 1. The molecule has 8 bridgehead atoms. The second-order valence-electron chi connectivity index (χ2n) is 38.6. The summed E-state index contributed by atoms with van der Waals surface area (Å²) in [5.74, 6) is -9.12. The molecular weight excluding hydrogens is 1900 g/mol. The van der Waals surface area contributed by atoms with Crippen molar-refractivity contribution in [2.24, 2.45) is 28.9 Å². The summed E-state index contributed by atoms with van der Waals surface area (Å²) in [6.07, 6.45) is 3.58. The Morgan fingerprint density at radius 3 is 1.85 bits per heavy atom. The van der Waals surface area contributed by atoms with Gasteiger partial charge in [-0.05, 0) is 172 Å². The fraction of sp³-hybridized carbons (Fsp3) is 0.550. The summed E-state index contributed by atoms with van der Waals surface area (Å²) in [6.45, 7) is 5.21. The van der Waals surface area contributed by atoms with Gasteiger partial charge in [0.2, 0.25) is 94.4 Å². The van der Waals surface area contributed by atoms with Gasteiger partial charge in [0, 0.05) is 75.2 Å². The lowest BCUT2D eigenvalue weighted by Gasteiger charge is -2.43. The molecule has 0 aromatic heterocycles. The smallest absolute Gasteiger partial charge is 0.246 e. The lowest BCUT2D eigenvalue weighted by atomic mass is 9.85. The number of likely N-dealkylation sites (N-methyl/N-ethyl adjacent to an activating group) is 2. The number of primary amides is 2. The Labute approximate surface area is 845 Å². The van der Waals surface area contributed by atoms with Crippen LogP contribution in [0.15, 0.2) is 84.9 Å². The summed E-state index contributed by atoms with van der Waals surface area (Å²) < 4.78 is 39.0. The minimum Gasteiger partial charge on any atom is -0.508 e. The molecule has 784 valence electrons. The number of rotatable bonds is 18. The number of phenolic OH excluding ortho intramolecular Hbond substituents is 1. The van der Waals surface area contributed by atoms with Gasteiger partial charge < -0.3 is 139 Å². The van der Waals surface area contributed by atoms with E-state index in [2.05, 4.69) is 141 Å². The van der Waals surface area contributed by atoms with Crippen molar-refractivity contribution in [2.75, 3.05) is 121 Å². The normalized spacial score (nSPS) is 25.1. The van der Waals surface area contributed by atoms with Crippen molar-refractivity contribution in [2.45, 2.75) is 227 Å². The Balaban J connectivity index is 0.000000340. The van der Waals surface area contributed by atoms with Gasteiger partial charge in [0.05, 0.1) is 101 Å². The number of nitrogens with zero attached hydrogens (tertiary/aromatic N) is 4. The third-order valence-corrected chi connectivity index (χ3v) is 30.2. The van der Waals surface area contributed by atoms with Crippen LogP contribution in [0, 0.1) is 5.92 Å². The van der Waals surface area contributed by atoms with Crippen molar-refractivity contribution >= 4 is 110 Å². The summed E-state index contributed by atoms with van der Waals surface area (Å²) >= 11 is 0. The number of carbonyl (C=O) groups is 15. The highest BCUT2D eigenvalue weighted by molar-refractivity contribution is 8.76. The average Bonchev–Trinajstić information content (AvgIpc) is 0.912. The Bertz CT molecular complexity index is 5470. The van der Waals surface area contributed by atoms with E-state index in [-0.39, 0.29) is 113 Å². The molecule has 0 saturated carbocycles. The van der Waals surface area contributed by atoms with Crippen LogP contribution in [0.3, 0.4) is 0 Å². The Morgan fingerprint density at radius 1 is 0.576 bits per heavy atom. The summed E-state index contributed by atoms with van der Waals surface area (Å²) in [5.41, 5.74) is 31.1. The highest BCUT2D eigenvalue weighted by Crippen LogP contribution is 2.53. The van der Waals surface area contributed by atoms with Crippen LogP contribution in [-0.4, -0.2) is 311 Å². The Hall–Kier alpha value is -12.8. The summed E-state index contributed by atoms with van der Waals surface area (Å²) in [5, 5.41) is 48.5. The van der Waals surface area contributed by atoms with Gasteiger partial charge in [-0.3, -0.25) is 71.9 Å². The van der Waals surface area contributed by atoms with Crippen molar-refractivity contribution in [1.29, 1.82) is 0 Å². The standard InChI is InChI=1S/C60H93N17O17S2.C40H48N2O6/c1-4-31(2)48(63)59(93)75-42-30-96-95-29-41-51(85)66-27-47(82)76-23-9-13-43(76)58(92)70-36(12-5-7-21-61)52(86)71-38(25-33-15-17-34(79)18-16-33)54(88)73-40(28-78)55(89)68-35(49(64)83)11-6-8-22-65-46(81)20-19-37(69-56(42)90)53(87)72-39(26-45(62)80)60(94)77-24-10-14-44(77)57(91)67-32(3)50(84)74-41;1-41(2)17-15-27-22-34(44-6)36-24-30(27)31(41)19-25-9-12-29(13-10-25)47-40-38-28(23-37(45-7)39(40)46-8)16-18-42(3,4)32(38)20-26-11-14-33(43-5)35(21-26)48-36/h15-18,31-32,35-44,48,78-79H,4-14,19-30,61,63H2,1-3H3,(H2,62,80)(H2,64,83)(H,65,81)(H,66,85)(H,67,91)(H,68,89)(H,69,90)(H,70,92)(H,71,86)(H,72,87)(H,73,88)(H,74,84)(H,75,93);9-14,21-24,31-32H,15-20H2,1-8H3/q;+2/t31-,32-,35-,36-,37-,38-,39-,40-,41-,42-,43-,44-,48-;31-,32+/m00/s1. The second kappa shape index (κ2) is 51.7. The van der Waals surface area contributed by atoms with E-state index >= 15 is 0 Å². The summed E-state index contributed by atoms with van der Waals surface area (Å²) in [6, 6.07) is 9.86. The monoisotopic (exact) mass is 2040 g/mol. The maximum absolute atomic E-state index is 14.5. The number of benzene rings is 5. The quantitative estimate of drug-likeness (QED) is 0.0333. The molecule has 5 aromatic rings. The number of methoxy groups -OCH3 is 4. The van der Waals surface area contributed by atoms with Crippen molar-refractivity contribution in [3.8, 4) is 51.7 Å². The minimum absolute atomic E-state index is 0.0150. The van der Waals surface area contributed by atoms with E-state index in [0.29, 0.717) is 60.0 Å². The zero-order valence-electron chi connectivity index (χ0n) is 83.6. The van der Waals surface area contributed by atoms with Crippen LogP contribution in [0.5, 0.6) is 51.7 Å². The SMILES string of the molecule is CC[C@H](C)[C@H](N)C(=O)N[C@H]1CSSC[C@@H]2NC(=O)[C@H](C)NC(=O)[C@@H]3CCCN3C(=O)[C@H](CC(N)=O)NC(=O)[C@H](CCC(=O)NCCCC[C@@H](C(N)=O)NC(=O)[C@H](CO)NC(=O)[C@H](Cc3ccc(O)cc3)NC(=O)[C@H](CCCCN)NC(=O)[C@@H]3CCCN3C(=O)CNC2=O)NC1=O.COc1ccc2cc1Oc1cc3c(cc1OC)CC[N+](C)(C)[C@H]3Cc1ccc(cc1)Oc1c(OC)c(OC)cc3c1[C@@H](C2)[N+](C)(C)CC3. The number of nitrogens with two attached hydrogens (primary N) is 4. The van der Waals surface area contributed by atoms with Gasteiger partial charge in [-0.15, -0.1) is 0 Å². The summed E-state index contributed by atoms with van der Waals surface area (Å²) in [4.78, 5) is 211. The first-order valence-corrected chi connectivity index (χ1v) is 51.5. The number of nitrogens with one attached hydrogen (secondary N) is 11. The van der Waals surface area contributed by atoms with Gasteiger partial charge in [0.25, 0.3) is 0 Å². The number of amides is 15. The Morgan fingerprint density at radius 2 is 1.18 bits per heavy atom. The highest BCUT2D eigenvalue weighted by Gasteiger charge is 2.46. The lowest BCUT2D eigenvalue weighted by Crippen LogP contribution is -2.60. The van der Waals surface area contributed by atoms with Crippen LogP contribution in [0.25, 0.3) is 0 Å². The molecule has 8 aliphatic rings. The van der Waals surface area contributed by atoms with Gasteiger partial charge in [0.1, 0.15) is 90.0 Å². The third kappa shape index (κ3) is 29.1. The first kappa shape index (κ1) is 112. The van der Waals surface area contributed by atoms with Crippen LogP contribution < -0.4 is 110 Å². The molecule has 0 radical (unpaired) electrons. The molecule has 15 amide bonds. The number of quaternary nitrogens is 2. The number of aliphatic hydroxyl groups excluding tert-OH is 1. The molecule has 0 spiro atoms. The molecule has 15 atom stereocenters. The number of hydrogen-bond donors (Lipinski definition) is 17. The van der Waals surface area contributed by atoms with E-state index in [4.69, 9.17) is 51.4 Å². The molecule has 42 nitrogen and oxygen atoms in total. The number of phenols is 1. The molecule has 21 N–H and O–H groups in total. The molecule has 13 rings (SSSR count).